The Morgan fingerprint density at radius 1 is 1.10 bits per heavy atom. The van der Waals surface area contributed by atoms with Crippen molar-refractivity contribution in [1.82, 2.24) is 15.5 Å². The molecule has 0 aliphatic carbocycles. The maximum atomic E-state index is 12.8. The number of carbonyl (C=O) groups excluding carboxylic acids is 3. The summed E-state index contributed by atoms with van der Waals surface area (Å²) in [5.74, 6) is -0.364. The fourth-order valence-electron chi connectivity index (χ4n) is 3.91. The summed E-state index contributed by atoms with van der Waals surface area (Å²) in [6.07, 6.45) is 0.988. The van der Waals surface area contributed by atoms with E-state index in [-0.39, 0.29) is 24.4 Å². The van der Waals surface area contributed by atoms with Gasteiger partial charge in [0.05, 0.1) is 6.54 Å². The lowest BCUT2D eigenvalue weighted by atomic mass is 9.90. The van der Waals surface area contributed by atoms with E-state index < -0.39 is 5.54 Å². The van der Waals surface area contributed by atoms with Crippen molar-refractivity contribution in [3.63, 3.8) is 0 Å². The third kappa shape index (κ3) is 3.93. The lowest BCUT2D eigenvalue weighted by Gasteiger charge is -2.30. The molecule has 2 aliphatic rings. The van der Waals surface area contributed by atoms with E-state index in [4.69, 9.17) is 4.74 Å². The molecule has 2 saturated heterocycles. The molecule has 1 spiro atoms. The van der Waals surface area contributed by atoms with Crippen LogP contribution in [-0.4, -0.2) is 41.5 Å². The monoisotopic (exact) mass is 407 g/mol. The molecule has 30 heavy (non-hydrogen) atoms. The fraction of sp³-hybridized carbons (Fsp3) is 0.348. The Morgan fingerprint density at radius 3 is 2.50 bits per heavy atom. The van der Waals surface area contributed by atoms with Crippen LogP contribution in [0.25, 0.3) is 0 Å². The predicted molar refractivity (Wildman–Crippen MR) is 111 cm³/mol. The SMILES string of the molecule is Cc1ccccc1CNC(=O)c1ccc(CN2C(=O)NC3(CCOCC3)C2=O)cc1. The van der Waals surface area contributed by atoms with Crippen LogP contribution in [0.4, 0.5) is 4.79 Å². The zero-order valence-corrected chi connectivity index (χ0v) is 16.9. The van der Waals surface area contributed by atoms with Gasteiger partial charge in [-0.25, -0.2) is 4.79 Å². The molecule has 2 N–H and O–H groups in total. The van der Waals surface area contributed by atoms with Gasteiger partial charge in [-0.05, 0) is 35.7 Å². The normalized spacial score (nSPS) is 17.8. The molecule has 2 fully saturated rings. The third-order valence-electron chi connectivity index (χ3n) is 5.85. The van der Waals surface area contributed by atoms with Gasteiger partial charge in [-0.1, -0.05) is 36.4 Å². The van der Waals surface area contributed by atoms with Gasteiger partial charge >= 0.3 is 6.03 Å². The number of carbonyl (C=O) groups is 3. The molecule has 0 unspecified atom stereocenters. The number of hydrogen-bond donors (Lipinski definition) is 2. The summed E-state index contributed by atoms with van der Waals surface area (Å²) in [4.78, 5) is 38.9. The maximum absolute atomic E-state index is 12.8. The summed E-state index contributed by atoms with van der Waals surface area (Å²) in [6, 6.07) is 14.5. The van der Waals surface area contributed by atoms with Crippen LogP contribution in [0, 0.1) is 6.92 Å². The molecule has 2 aromatic carbocycles. The van der Waals surface area contributed by atoms with Gasteiger partial charge in [0.15, 0.2) is 0 Å². The number of rotatable bonds is 5. The van der Waals surface area contributed by atoms with Gasteiger partial charge in [0, 0.05) is 38.2 Å². The Morgan fingerprint density at radius 2 is 1.80 bits per heavy atom. The molecule has 7 nitrogen and oxygen atoms in total. The molecule has 4 amide bonds. The molecule has 2 aliphatic heterocycles. The predicted octanol–water partition coefficient (Wildman–Crippen LogP) is 2.53. The number of benzene rings is 2. The highest BCUT2D eigenvalue weighted by Gasteiger charge is 2.51. The first kappa shape index (κ1) is 20.1. The smallest absolute Gasteiger partial charge is 0.325 e. The molecular weight excluding hydrogens is 382 g/mol. The number of nitrogens with one attached hydrogen (secondary N) is 2. The fourth-order valence-corrected chi connectivity index (χ4v) is 3.91. The maximum Gasteiger partial charge on any atom is 0.325 e. The highest BCUT2D eigenvalue weighted by molar-refractivity contribution is 6.07. The number of urea groups is 1. The summed E-state index contributed by atoms with van der Waals surface area (Å²) in [6.45, 7) is 3.58. The van der Waals surface area contributed by atoms with Crippen LogP contribution in [0.15, 0.2) is 48.5 Å². The topological polar surface area (TPSA) is 87.7 Å². The molecular formula is C23H25N3O4. The summed E-state index contributed by atoms with van der Waals surface area (Å²) in [5.41, 5.74) is 2.70. The molecule has 4 rings (SSSR count). The van der Waals surface area contributed by atoms with Crippen LogP contribution < -0.4 is 10.6 Å². The molecule has 156 valence electrons. The average molecular weight is 407 g/mol. The van der Waals surface area contributed by atoms with Crippen molar-refractivity contribution in [2.24, 2.45) is 0 Å². The van der Waals surface area contributed by atoms with Gasteiger partial charge < -0.3 is 15.4 Å². The Balaban J connectivity index is 1.38. The molecule has 0 radical (unpaired) electrons. The van der Waals surface area contributed by atoms with E-state index >= 15 is 0 Å². The highest BCUT2D eigenvalue weighted by atomic mass is 16.5. The Bertz CT molecular complexity index is 965. The molecule has 0 atom stereocenters. The molecule has 0 saturated carbocycles. The van der Waals surface area contributed by atoms with E-state index in [0.29, 0.717) is 38.2 Å². The summed E-state index contributed by atoms with van der Waals surface area (Å²) in [7, 11) is 0. The molecule has 0 aromatic heterocycles. The number of amides is 4. The number of nitrogens with zero attached hydrogens (tertiary/aromatic N) is 1. The van der Waals surface area contributed by atoms with Crippen LogP contribution >= 0.6 is 0 Å². The van der Waals surface area contributed by atoms with Gasteiger partial charge in [-0.15, -0.1) is 0 Å². The first-order valence-corrected chi connectivity index (χ1v) is 10.1. The van der Waals surface area contributed by atoms with Gasteiger partial charge in [0.2, 0.25) is 0 Å². The van der Waals surface area contributed by atoms with Crippen LogP contribution in [0.5, 0.6) is 0 Å². The summed E-state index contributed by atoms with van der Waals surface area (Å²) >= 11 is 0. The zero-order valence-electron chi connectivity index (χ0n) is 16.9. The average Bonchev–Trinajstić information content (AvgIpc) is 2.98. The van der Waals surface area contributed by atoms with E-state index in [1.54, 1.807) is 24.3 Å². The number of imide groups is 1. The Hall–Kier alpha value is -3.19. The lowest BCUT2D eigenvalue weighted by molar-refractivity contribution is -0.134. The van der Waals surface area contributed by atoms with Crippen molar-refractivity contribution < 1.29 is 19.1 Å². The Kier molecular flexibility index (Phi) is 5.55. The molecule has 0 bridgehead atoms. The quantitative estimate of drug-likeness (QED) is 0.746. The second-order valence-electron chi connectivity index (χ2n) is 7.82. The van der Waals surface area contributed by atoms with Crippen molar-refractivity contribution in [2.75, 3.05) is 13.2 Å². The first-order chi connectivity index (χ1) is 14.5. The van der Waals surface area contributed by atoms with Gasteiger partial charge in [0.25, 0.3) is 11.8 Å². The molecule has 7 heteroatoms. The summed E-state index contributed by atoms with van der Waals surface area (Å²) < 4.78 is 5.32. The van der Waals surface area contributed by atoms with Crippen molar-refractivity contribution >= 4 is 17.8 Å². The highest BCUT2D eigenvalue weighted by Crippen LogP contribution is 2.29. The molecule has 2 aromatic rings. The number of aryl methyl sites for hydroxylation is 1. The van der Waals surface area contributed by atoms with Gasteiger partial charge in [0.1, 0.15) is 5.54 Å². The van der Waals surface area contributed by atoms with E-state index in [9.17, 15) is 14.4 Å². The second-order valence-corrected chi connectivity index (χ2v) is 7.82. The van der Waals surface area contributed by atoms with Crippen LogP contribution in [0.3, 0.4) is 0 Å². The van der Waals surface area contributed by atoms with Crippen LogP contribution in [-0.2, 0) is 22.6 Å². The molecule has 2 heterocycles. The summed E-state index contributed by atoms with van der Waals surface area (Å²) in [5, 5.41) is 5.77. The van der Waals surface area contributed by atoms with Crippen molar-refractivity contribution in [1.29, 1.82) is 0 Å². The van der Waals surface area contributed by atoms with Crippen LogP contribution in [0.2, 0.25) is 0 Å². The number of hydrogen-bond acceptors (Lipinski definition) is 4. The van der Waals surface area contributed by atoms with E-state index in [1.165, 1.54) is 4.90 Å². The minimum atomic E-state index is -0.829. The largest absolute Gasteiger partial charge is 0.381 e. The Labute approximate surface area is 175 Å². The third-order valence-corrected chi connectivity index (χ3v) is 5.85. The van der Waals surface area contributed by atoms with E-state index in [1.807, 2.05) is 31.2 Å². The lowest BCUT2D eigenvalue weighted by Crippen LogP contribution is -2.51. The zero-order chi connectivity index (χ0) is 21.1. The first-order valence-electron chi connectivity index (χ1n) is 10.1. The minimum absolute atomic E-state index is 0.166. The van der Waals surface area contributed by atoms with Crippen molar-refractivity contribution in [3.8, 4) is 0 Å². The van der Waals surface area contributed by atoms with Gasteiger partial charge in [-0.3, -0.25) is 14.5 Å². The van der Waals surface area contributed by atoms with E-state index in [0.717, 1.165) is 16.7 Å². The standard InChI is InChI=1S/C23H25N3O4/c1-16-4-2-3-5-19(16)14-24-20(27)18-8-6-17(7-9-18)15-26-21(28)23(25-22(26)29)10-12-30-13-11-23/h2-9H,10-15H2,1H3,(H,24,27)(H,25,29). The van der Waals surface area contributed by atoms with Crippen molar-refractivity contribution in [3.05, 3.63) is 70.8 Å². The second kappa shape index (κ2) is 8.28. The van der Waals surface area contributed by atoms with Gasteiger partial charge in [-0.2, -0.15) is 0 Å². The van der Waals surface area contributed by atoms with Crippen molar-refractivity contribution in [2.45, 2.75) is 38.4 Å². The minimum Gasteiger partial charge on any atom is -0.381 e. The van der Waals surface area contributed by atoms with Crippen LogP contribution in [0.1, 0.15) is 39.9 Å². The van der Waals surface area contributed by atoms with E-state index in [2.05, 4.69) is 10.6 Å². The number of ether oxygens (including phenoxy) is 1.